The predicted molar refractivity (Wildman–Crippen MR) is 107 cm³/mol. The van der Waals surface area contributed by atoms with E-state index in [0.29, 0.717) is 11.3 Å². The van der Waals surface area contributed by atoms with Crippen molar-refractivity contribution in [2.24, 2.45) is 0 Å². The lowest BCUT2D eigenvalue weighted by molar-refractivity contribution is -0.129. The molecule has 3 amide bonds. The van der Waals surface area contributed by atoms with Gasteiger partial charge < -0.3 is 10.2 Å². The number of halogens is 1. The molecule has 4 rings (SSSR count). The molecule has 0 aliphatic carbocycles. The Morgan fingerprint density at radius 1 is 1.17 bits per heavy atom. The fourth-order valence-corrected chi connectivity index (χ4v) is 4.35. The summed E-state index contributed by atoms with van der Waals surface area (Å²) in [6.07, 6.45) is 0.262. The smallest absolute Gasteiger partial charge is 0.271 e. The highest BCUT2D eigenvalue weighted by Gasteiger charge is 2.61. The first kappa shape index (κ1) is 19.1. The number of hydrogen-bond acceptors (Lipinski definition) is 3. The van der Waals surface area contributed by atoms with Crippen LogP contribution in [0.5, 0.6) is 0 Å². The molecule has 29 heavy (non-hydrogen) atoms. The SMILES string of the molecule is Cc1ccc(NC(=O)[C@]23CCC(=O)N2c2ccccc2C(=O)N3C(C)C)c(F)c1. The molecule has 0 aromatic heterocycles. The Balaban J connectivity index is 1.86. The van der Waals surface area contributed by atoms with E-state index >= 15 is 0 Å². The van der Waals surface area contributed by atoms with Crippen molar-refractivity contribution in [1.82, 2.24) is 4.90 Å². The van der Waals surface area contributed by atoms with E-state index in [1.165, 1.54) is 21.9 Å². The van der Waals surface area contributed by atoms with E-state index in [2.05, 4.69) is 5.32 Å². The zero-order chi connectivity index (χ0) is 20.9. The third-order valence-electron chi connectivity index (χ3n) is 5.55. The Morgan fingerprint density at radius 2 is 1.90 bits per heavy atom. The van der Waals surface area contributed by atoms with Gasteiger partial charge in [0.05, 0.1) is 16.9 Å². The maximum Gasteiger partial charge on any atom is 0.271 e. The van der Waals surface area contributed by atoms with Crippen molar-refractivity contribution in [2.75, 3.05) is 10.2 Å². The van der Waals surface area contributed by atoms with Gasteiger partial charge in [-0.05, 0) is 50.6 Å². The molecule has 150 valence electrons. The molecular weight excluding hydrogens is 373 g/mol. The molecular formula is C22H22FN3O3. The monoisotopic (exact) mass is 395 g/mol. The molecule has 0 saturated carbocycles. The van der Waals surface area contributed by atoms with Crippen LogP contribution in [-0.4, -0.2) is 34.3 Å². The third-order valence-corrected chi connectivity index (χ3v) is 5.55. The minimum Gasteiger partial charge on any atom is -0.320 e. The third kappa shape index (κ3) is 2.72. The normalized spacial score (nSPS) is 20.7. The van der Waals surface area contributed by atoms with E-state index in [1.807, 2.05) is 0 Å². The minimum absolute atomic E-state index is 0.0179. The summed E-state index contributed by atoms with van der Waals surface area (Å²) in [4.78, 5) is 42.6. The molecule has 0 bridgehead atoms. The highest BCUT2D eigenvalue weighted by atomic mass is 19.1. The number of amides is 3. The zero-order valence-electron chi connectivity index (χ0n) is 16.5. The average molecular weight is 395 g/mol. The minimum atomic E-state index is -1.53. The van der Waals surface area contributed by atoms with Crippen LogP contribution in [0.25, 0.3) is 0 Å². The lowest BCUT2D eigenvalue weighted by atomic mass is 9.94. The Bertz CT molecular complexity index is 1040. The first-order chi connectivity index (χ1) is 13.8. The van der Waals surface area contributed by atoms with Crippen molar-refractivity contribution >= 4 is 29.1 Å². The van der Waals surface area contributed by atoms with Gasteiger partial charge in [0.25, 0.3) is 11.8 Å². The maximum absolute atomic E-state index is 14.4. The Kier molecular flexibility index (Phi) is 4.41. The van der Waals surface area contributed by atoms with E-state index in [4.69, 9.17) is 0 Å². The van der Waals surface area contributed by atoms with Gasteiger partial charge >= 0.3 is 0 Å². The number of carbonyl (C=O) groups excluding carboxylic acids is 3. The molecule has 1 atom stereocenters. The van der Waals surface area contributed by atoms with Gasteiger partial charge in [-0.2, -0.15) is 0 Å². The van der Waals surface area contributed by atoms with Crippen molar-refractivity contribution in [3.63, 3.8) is 0 Å². The van der Waals surface area contributed by atoms with Gasteiger partial charge in [-0.1, -0.05) is 18.2 Å². The summed E-state index contributed by atoms with van der Waals surface area (Å²) in [5, 5.41) is 2.62. The summed E-state index contributed by atoms with van der Waals surface area (Å²) in [5.41, 5.74) is -0.00222. The number of carbonyl (C=O) groups is 3. The summed E-state index contributed by atoms with van der Waals surface area (Å²) in [6, 6.07) is 10.9. The molecule has 0 spiro atoms. The number of fused-ring (bicyclic) bond motifs is 3. The van der Waals surface area contributed by atoms with Crippen molar-refractivity contribution < 1.29 is 18.8 Å². The van der Waals surface area contributed by atoms with Gasteiger partial charge in [-0.3, -0.25) is 19.3 Å². The summed E-state index contributed by atoms with van der Waals surface area (Å²) < 4.78 is 14.4. The number of anilines is 2. The fraction of sp³-hybridized carbons (Fsp3) is 0.318. The molecule has 6 nitrogen and oxygen atoms in total. The highest BCUT2D eigenvalue weighted by Crippen LogP contribution is 2.45. The number of aryl methyl sites for hydroxylation is 1. The van der Waals surface area contributed by atoms with Crippen molar-refractivity contribution in [2.45, 2.75) is 45.3 Å². The number of nitrogens with zero attached hydrogens (tertiary/aromatic N) is 2. The second-order valence-electron chi connectivity index (χ2n) is 7.77. The van der Waals surface area contributed by atoms with Crippen LogP contribution in [-0.2, 0) is 9.59 Å². The highest BCUT2D eigenvalue weighted by molar-refractivity contribution is 6.18. The largest absolute Gasteiger partial charge is 0.320 e. The van der Waals surface area contributed by atoms with E-state index in [0.717, 1.165) is 5.56 Å². The molecule has 2 aromatic rings. The molecule has 1 saturated heterocycles. The standard InChI is InChI=1S/C22H22FN3O3/c1-13(2)25-20(28)15-6-4-5-7-18(15)26-19(27)10-11-22(25,26)21(29)24-17-9-8-14(3)12-16(17)23/h4-9,12-13H,10-11H2,1-3H3,(H,24,29)/t22-/m0/s1. The summed E-state index contributed by atoms with van der Waals surface area (Å²) in [7, 11) is 0. The topological polar surface area (TPSA) is 69.7 Å². The van der Waals surface area contributed by atoms with Crippen molar-refractivity contribution in [1.29, 1.82) is 0 Å². The predicted octanol–water partition coefficient (Wildman–Crippen LogP) is 3.46. The second-order valence-corrected chi connectivity index (χ2v) is 7.77. The summed E-state index contributed by atoms with van der Waals surface area (Å²) >= 11 is 0. The van der Waals surface area contributed by atoms with Crippen molar-refractivity contribution in [3.05, 3.63) is 59.4 Å². The molecule has 2 aliphatic rings. The van der Waals surface area contributed by atoms with Gasteiger partial charge in [0.1, 0.15) is 5.82 Å². The fourth-order valence-electron chi connectivity index (χ4n) is 4.35. The van der Waals surface area contributed by atoms with Gasteiger partial charge in [0.15, 0.2) is 0 Å². The van der Waals surface area contributed by atoms with E-state index < -0.39 is 17.4 Å². The van der Waals surface area contributed by atoms with Gasteiger partial charge in [0.2, 0.25) is 11.6 Å². The van der Waals surface area contributed by atoms with Crippen LogP contribution in [0.1, 0.15) is 42.6 Å². The van der Waals surface area contributed by atoms with Gasteiger partial charge in [0, 0.05) is 18.9 Å². The number of benzene rings is 2. The first-order valence-corrected chi connectivity index (χ1v) is 9.60. The maximum atomic E-state index is 14.4. The average Bonchev–Trinajstić information content (AvgIpc) is 3.02. The molecule has 2 aliphatic heterocycles. The van der Waals surface area contributed by atoms with E-state index in [9.17, 15) is 18.8 Å². The van der Waals surface area contributed by atoms with Crippen molar-refractivity contribution in [3.8, 4) is 0 Å². The van der Waals surface area contributed by atoms with E-state index in [1.54, 1.807) is 51.1 Å². The zero-order valence-corrected chi connectivity index (χ0v) is 16.5. The Morgan fingerprint density at radius 3 is 2.59 bits per heavy atom. The number of hydrogen-bond donors (Lipinski definition) is 1. The van der Waals surface area contributed by atoms with Crippen LogP contribution in [0.2, 0.25) is 0 Å². The molecule has 2 aromatic carbocycles. The summed E-state index contributed by atoms with van der Waals surface area (Å²) in [5.74, 6) is -1.72. The summed E-state index contributed by atoms with van der Waals surface area (Å²) in [6.45, 7) is 5.35. The molecule has 1 N–H and O–H groups in total. The van der Waals surface area contributed by atoms with Gasteiger partial charge in [-0.15, -0.1) is 0 Å². The molecule has 0 unspecified atom stereocenters. The van der Waals surface area contributed by atoms with Crippen LogP contribution in [0.15, 0.2) is 42.5 Å². The van der Waals surface area contributed by atoms with Crippen LogP contribution in [0, 0.1) is 12.7 Å². The molecule has 2 heterocycles. The number of para-hydroxylation sites is 1. The van der Waals surface area contributed by atoms with Crippen LogP contribution < -0.4 is 10.2 Å². The molecule has 7 heteroatoms. The van der Waals surface area contributed by atoms with Gasteiger partial charge in [-0.25, -0.2) is 4.39 Å². The lowest BCUT2D eigenvalue weighted by Crippen LogP contribution is -2.70. The number of rotatable bonds is 3. The Hall–Kier alpha value is -3.22. The van der Waals surface area contributed by atoms with Crippen LogP contribution >= 0.6 is 0 Å². The second kappa shape index (κ2) is 6.69. The quantitative estimate of drug-likeness (QED) is 0.865. The van der Waals surface area contributed by atoms with E-state index in [-0.39, 0.29) is 36.4 Å². The number of nitrogens with one attached hydrogen (secondary N) is 1. The lowest BCUT2D eigenvalue weighted by Gasteiger charge is -2.50. The molecule has 1 fully saturated rings. The first-order valence-electron chi connectivity index (χ1n) is 9.60. The van der Waals surface area contributed by atoms with Crippen LogP contribution in [0.3, 0.4) is 0 Å². The van der Waals surface area contributed by atoms with Crippen LogP contribution in [0.4, 0.5) is 15.8 Å². The molecule has 0 radical (unpaired) electrons. The Labute approximate surface area is 168 Å².